The van der Waals surface area contributed by atoms with Crippen LogP contribution < -0.4 is 28.7 Å². The first-order valence-corrected chi connectivity index (χ1v) is 22.6. The van der Waals surface area contributed by atoms with Crippen LogP contribution in [-0.4, -0.2) is 0 Å². The van der Waals surface area contributed by atoms with E-state index in [4.69, 9.17) is 18.1 Å². The van der Waals surface area contributed by atoms with Crippen LogP contribution in [-0.2, 0) is 21.7 Å². The molecule has 0 aliphatic rings. The summed E-state index contributed by atoms with van der Waals surface area (Å²) in [6, 6.07) is 50.1. The molecule has 0 unspecified atom stereocenters. The average molecular weight is 811 g/mol. The maximum Gasteiger partial charge on any atom is 0.530 e. The van der Waals surface area contributed by atoms with Gasteiger partial charge >= 0.3 is 8.60 Å². The molecule has 0 saturated carbocycles. The van der Waals surface area contributed by atoms with E-state index >= 15 is 0 Å². The predicted molar refractivity (Wildman–Crippen MR) is 248 cm³/mol. The van der Waals surface area contributed by atoms with E-state index in [9.17, 15) is 0 Å². The van der Waals surface area contributed by atoms with Crippen LogP contribution in [0.15, 0.2) is 146 Å². The van der Waals surface area contributed by atoms with E-state index in [1.807, 2.05) is 60.7 Å². The van der Waals surface area contributed by atoms with Gasteiger partial charge in [-0.25, -0.2) is 0 Å². The number of hydrogen-bond donors (Lipinski definition) is 0. The van der Waals surface area contributed by atoms with Crippen LogP contribution in [0.5, 0.6) is 23.0 Å². The van der Waals surface area contributed by atoms with E-state index in [0.717, 1.165) is 44.4 Å². The van der Waals surface area contributed by atoms with Crippen molar-refractivity contribution in [3.8, 4) is 34.1 Å². The van der Waals surface area contributed by atoms with Crippen molar-refractivity contribution in [2.75, 3.05) is 0 Å². The summed E-state index contributed by atoms with van der Waals surface area (Å²) in [5.41, 5.74) is 5.64. The zero-order valence-corrected chi connectivity index (χ0v) is 38.2. The lowest BCUT2D eigenvalue weighted by Crippen LogP contribution is -2.22. The van der Waals surface area contributed by atoms with Gasteiger partial charge in [0.15, 0.2) is 8.15 Å². The molecule has 302 valence electrons. The molecule has 0 spiro atoms. The molecule has 58 heavy (non-hydrogen) atoms. The van der Waals surface area contributed by atoms with Crippen LogP contribution in [0, 0.1) is 0 Å². The van der Waals surface area contributed by atoms with Gasteiger partial charge in [-0.15, -0.1) is 0 Å². The lowest BCUT2D eigenvalue weighted by Gasteiger charge is -2.34. The smallest absolute Gasteiger partial charge is 0.464 e. The van der Waals surface area contributed by atoms with Gasteiger partial charge in [0, 0.05) is 32.9 Å². The number of benzene rings is 6. The van der Waals surface area contributed by atoms with Gasteiger partial charge in [0.1, 0.15) is 23.0 Å². The Morgan fingerprint density at radius 1 is 0.345 bits per heavy atom. The fraction of sp³-hybridized carbons (Fsp3) is 0.308. The second-order valence-corrected chi connectivity index (χ2v) is 21.8. The maximum atomic E-state index is 7.65. The molecule has 0 amide bonds. The zero-order valence-electron chi connectivity index (χ0n) is 36.4. The van der Waals surface area contributed by atoms with Crippen molar-refractivity contribution in [1.82, 2.24) is 0 Å². The summed E-state index contributed by atoms with van der Waals surface area (Å²) in [5.74, 6) is 2.91. The molecule has 0 heterocycles. The van der Waals surface area contributed by atoms with Crippen molar-refractivity contribution in [3.63, 3.8) is 0 Å². The Labute approximate surface area is 350 Å². The van der Waals surface area contributed by atoms with Gasteiger partial charge in [-0.2, -0.15) is 0 Å². The summed E-state index contributed by atoms with van der Waals surface area (Å²) in [6.07, 6.45) is 0. The van der Waals surface area contributed by atoms with Gasteiger partial charge in [-0.3, -0.25) is 0 Å². The summed E-state index contributed by atoms with van der Waals surface area (Å²) in [4.78, 5) is 0. The lowest BCUT2D eigenvalue weighted by molar-refractivity contribution is 0.382. The molecule has 6 rings (SSSR count). The summed E-state index contributed by atoms with van der Waals surface area (Å²) < 4.78 is 28.2. The van der Waals surface area contributed by atoms with Crippen molar-refractivity contribution in [2.45, 2.75) is 105 Å². The second kappa shape index (κ2) is 17.3. The second-order valence-electron chi connectivity index (χ2n) is 19.0. The minimum Gasteiger partial charge on any atom is -0.464 e. The molecule has 4 nitrogen and oxygen atoms in total. The van der Waals surface area contributed by atoms with Crippen molar-refractivity contribution in [3.05, 3.63) is 168 Å². The standard InChI is InChI=1S/C52H60O4P2/c1-49(2,3)37-33-43(47(45(35-37)51(7,8)9)55-57(41-29-21-15-22-30-41)42-31-23-16-24-32-42)44-34-38(50(4,5)6)36-46(52(10,11)12)48(44)56-58(53-39-25-17-13-18-26-39)54-40-27-19-14-20-28-40/h13-36H,1-12H3. The molecule has 0 saturated heterocycles. The van der Waals surface area contributed by atoms with Gasteiger partial charge in [-0.05, 0) is 69.2 Å². The van der Waals surface area contributed by atoms with Gasteiger partial charge in [0.25, 0.3) is 0 Å². The molecule has 0 aliphatic heterocycles. The summed E-state index contributed by atoms with van der Waals surface area (Å²) in [7, 11) is -3.27. The van der Waals surface area contributed by atoms with E-state index in [0.29, 0.717) is 11.5 Å². The first kappa shape index (κ1) is 43.0. The SMILES string of the molecule is CC(C)(C)c1cc(-c2cc(C(C)(C)C)cc(C(C)(C)C)c2OP(c2ccccc2)c2ccccc2)c(OP(Oc2ccccc2)Oc2ccccc2)c(C(C)(C)C)c1. The third-order valence-electron chi connectivity index (χ3n) is 9.99. The maximum absolute atomic E-state index is 7.65. The highest BCUT2D eigenvalue weighted by Crippen LogP contribution is 2.55. The van der Waals surface area contributed by atoms with Crippen molar-refractivity contribution in [1.29, 1.82) is 0 Å². The number of para-hydroxylation sites is 2. The van der Waals surface area contributed by atoms with E-state index in [1.54, 1.807) is 0 Å². The lowest BCUT2D eigenvalue weighted by atomic mass is 9.75. The molecule has 0 aromatic heterocycles. The van der Waals surface area contributed by atoms with Gasteiger partial charge in [0.2, 0.25) is 0 Å². The Bertz CT molecular complexity index is 2180. The van der Waals surface area contributed by atoms with Crippen molar-refractivity contribution < 1.29 is 18.1 Å². The van der Waals surface area contributed by atoms with Crippen LogP contribution in [0.2, 0.25) is 0 Å². The fourth-order valence-corrected chi connectivity index (χ4v) is 9.39. The molecular weight excluding hydrogens is 751 g/mol. The molecule has 0 aliphatic carbocycles. The minimum atomic E-state index is -1.99. The van der Waals surface area contributed by atoms with E-state index in [-0.39, 0.29) is 21.7 Å². The van der Waals surface area contributed by atoms with Crippen LogP contribution in [0.1, 0.15) is 105 Å². The monoisotopic (exact) mass is 810 g/mol. The topological polar surface area (TPSA) is 36.9 Å². The first-order chi connectivity index (χ1) is 27.3. The molecule has 0 N–H and O–H groups in total. The Morgan fingerprint density at radius 3 is 1.00 bits per heavy atom. The number of hydrogen-bond acceptors (Lipinski definition) is 4. The molecule has 0 radical (unpaired) electrons. The van der Waals surface area contributed by atoms with Crippen molar-refractivity contribution >= 4 is 27.4 Å². The Balaban J connectivity index is 1.70. The van der Waals surface area contributed by atoms with Crippen LogP contribution in [0.25, 0.3) is 11.1 Å². The quantitative estimate of drug-likeness (QED) is 0.122. The third kappa shape index (κ3) is 10.5. The van der Waals surface area contributed by atoms with Crippen LogP contribution >= 0.6 is 16.8 Å². The largest absolute Gasteiger partial charge is 0.530 e. The molecule has 0 atom stereocenters. The highest BCUT2D eigenvalue weighted by atomic mass is 31.2. The highest BCUT2D eigenvalue weighted by molar-refractivity contribution is 7.68. The average Bonchev–Trinajstić information content (AvgIpc) is 3.16. The molecule has 6 aromatic carbocycles. The van der Waals surface area contributed by atoms with Crippen LogP contribution in [0.3, 0.4) is 0 Å². The molecule has 6 heteroatoms. The van der Waals surface area contributed by atoms with E-state index in [1.165, 1.54) is 11.1 Å². The Hall–Kier alpha value is -4.62. The van der Waals surface area contributed by atoms with Gasteiger partial charge < -0.3 is 18.1 Å². The fourth-order valence-electron chi connectivity index (χ4n) is 6.57. The first-order valence-electron chi connectivity index (χ1n) is 20.2. The minimum absolute atomic E-state index is 0.161. The van der Waals surface area contributed by atoms with E-state index in [2.05, 4.69) is 168 Å². The van der Waals surface area contributed by atoms with Crippen LogP contribution in [0.4, 0.5) is 0 Å². The molecule has 0 fully saturated rings. The normalized spacial score (nSPS) is 12.4. The Kier molecular flexibility index (Phi) is 12.8. The summed E-state index contributed by atoms with van der Waals surface area (Å²) in [5, 5.41) is 2.28. The molecule has 6 aromatic rings. The molecular formula is C52H60O4P2. The molecule has 0 bridgehead atoms. The van der Waals surface area contributed by atoms with Gasteiger partial charge in [-0.1, -0.05) is 192 Å². The Morgan fingerprint density at radius 2 is 0.672 bits per heavy atom. The van der Waals surface area contributed by atoms with E-state index < -0.39 is 16.8 Å². The summed E-state index contributed by atoms with van der Waals surface area (Å²) >= 11 is 0. The van der Waals surface area contributed by atoms with Gasteiger partial charge in [0.05, 0.1) is 0 Å². The zero-order chi connectivity index (χ0) is 41.9. The number of rotatable bonds is 11. The third-order valence-corrected chi connectivity index (χ3v) is 12.9. The predicted octanol–water partition coefficient (Wildman–Crippen LogP) is 14.7. The highest BCUT2D eigenvalue weighted by Gasteiger charge is 2.35. The summed E-state index contributed by atoms with van der Waals surface area (Å²) in [6.45, 7) is 27.3. The van der Waals surface area contributed by atoms with Crippen molar-refractivity contribution in [2.24, 2.45) is 0 Å².